The molecule has 0 bridgehead atoms. The Morgan fingerprint density at radius 3 is 2.58 bits per heavy atom. The summed E-state index contributed by atoms with van der Waals surface area (Å²) in [5, 5.41) is 5.64. The topological polar surface area (TPSA) is 67.4 Å². The summed E-state index contributed by atoms with van der Waals surface area (Å²) in [5.41, 5.74) is 5.24. The molecule has 1 unspecified atom stereocenters. The summed E-state index contributed by atoms with van der Waals surface area (Å²) in [6.45, 7) is 1.63. The molecule has 0 aliphatic rings. The maximum absolute atomic E-state index is 12.0. The number of benzene rings is 2. The van der Waals surface area contributed by atoms with Crippen LogP contribution in [0.4, 0.5) is 0 Å². The average Bonchev–Trinajstić information content (AvgIpc) is 3.14. The van der Waals surface area contributed by atoms with Gasteiger partial charge in [-0.05, 0) is 41.3 Å². The van der Waals surface area contributed by atoms with E-state index in [1.807, 2.05) is 42.5 Å². The summed E-state index contributed by atoms with van der Waals surface area (Å²) in [6, 6.07) is 15.2. The number of ether oxygens (including phenoxy) is 1. The quantitative estimate of drug-likeness (QED) is 0.717. The van der Waals surface area contributed by atoms with Gasteiger partial charge in [-0.15, -0.1) is 0 Å². The average molecular weight is 340 g/mol. The van der Waals surface area contributed by atoms with E-state index in [9.17, 15) is 9.59 Å². The second-order valence-corrected chi connectivity index (χ2v) is 6.00. The molecule has 122 valence electrons. The highest BCUT2D eigenvalue weighted by molar-refractivity contribution is 7.08. The predicted octanol–water partition coefficient (Wildman–Crippen LogP) is 3.13. The maximum Gasteiger partial charge on any atom is 0.279 e. The largest absolute Gasteiger partial charge is 0.481 e. The molecule has 0 aliphatic heterocycles. The van der Waals surface area contributed by atoms with Crippen molar-refractivity contribution in [3.05, 3.63) is 64.9 Å². The van der Waals surface area contributed by atoms with Crippen molar-refractivity contribution in [2.24, 2.45) is 0 Å². The normalized spacial score (nSPS) is 11.7. The van der Waals surface area contributed by atoms with Crippen LogP contribution in [0.3, 0.4) is 0 Å². The minimum absolute atomic E-state index is 0.359. The lowest BCUT2D eigenvalue weighted by molar-refractivity contribution is -0.128. The van der Waals surface area contributed by atoms with Crippen LogP contribution in [0.5, 0.6) is 5.75 Å². The molecule has 3 rings (SSSR count). The van der Waals surface area contributed by atoms with Crippen LogP contribution in [0, 0.1) is 0 Å². The molecule has 3 aromatic rings. The molecule has 0 aliphatic carbocycles. The fourth-order valence-corrected chi connectivity index (χ4v) is 2.82. The first kappa shape index (κ1) is 16.0. The van der Waals surface area contributed by atoms with E-state index in [1.54, 1.807) is 23.8 Å². The van der Waals surface area contributed by atoms with Crippen molar-refractivity contribution in [2.45, 2.75) is 13.0 Å². The van der Waals surface area contributed by atoms with Gasteiger partial charge >= 0.3 is 0 Å². The van der Waals surface area contributed by atoms with Crippen LogP contribution in [0.15, 0.2) is 59.3 Å². The number of thiophene rings is 1. The second-order valence-electron chi connectivity index (χ2n) is 5.22. The third-order valence-electron chi connectivity index (χ3n) is 3.49. The van der Waals surface area contributed by atoms with Crippen molar-refractivity contribution in [2.75, 3.05) is 0 Å². The van der Waals surface area contributed by atoms with Crippen LogP contribution < -0.4 is 15.6 Å². The van der Waals surface area contributed by atoms with E-state index in [1.165, 1.54) is 11.3 Å². The Balaban J connectivity index is 1.57. The van der Waals surface area contributed by atoms with Gasteiger partial charge < -0.3 is 4.74 Å². The van der Waals surface area contributed by atoms with Crippen molar-refractivity contribution in [3.8, 4) is 5.75 Å². The molecule has 24 heavy (non-hydrogen) atoms. The molecule has 2 aromatic carbocycles. The first-order valence-electron chi connectivity index (χ1n) is 7.41. The number of rotatable bonds is 4. The molecular weight excluding hydrogens is 324 g/mol. The van der Waals surface area contributed by atoms with Gasteiger partial charge in [0, 0.05) is 5.38 Å². The highest BCUT2D eigenvalue weighted by Gasteiger charge is 2.16. The van der Waals surface area contributed by atoms with Crippen molar-refractivity contribution < 1.29 is 14.3 Å². The van der Waals surface area contributed by atoms with Crippen LogP contribution in [-0.2, 0) is 4.79 Å². The molecule has 2 amide bonds. The lowest BCUT2D eigenvalue weighted by Crippen LogP contribution is -2.47. The summed E-state index contributed by atoms with van der Waals surface area (Å²) < 4.78 is 5.65. The number of amides is 2. The van der Waals surface area contributed by atoms with Crippen LogP contribution >= 0.6 is 11.3 Å². The summed E-state index contributed by atoms with van der Waals surface area (Å²) in [5.74, 6) is -0.185. The third kappa shape index (κ3) is 3.72. The Morgan fingerprint density at radius 2 is 1.83 bits per heavy atom. The minimum Gasteiger partial charge on any atom is -0.481 e. The number of carbonyl (C=O) groups is 2. The monoisotopic (exact) mass is 340 g/mol. The number of fused-ring (bicyclic) bond motifs is 1. The van der Waals surface area contributed by atoms with Crippen LogP contribution in [0.2, 0.25) is 0 Å². The van der Waals surface area contributed by atoms with E-state index in [0.29, 0.717) is 11.3 Å². The Bertz CT molecular complexity index is 862. The van der Waals surface area contributed by atoms with Gasteiger partial charge in [-0.3, -0.25) is 20.4 Å². The van der Waals surface area contributed by atoms with Crippen LogP contribution in [0.1, 0.15) is 17.3 Å². The zero-order valence-corrected chi connectivity index (χ0v) is 13.8. The minimum atomic E-state index is -0.742. The molecule has 5 nitrogen and oxygen atoms in total. The van der Waals surface area contributed by atoms with Gasteiger partial charge in [0.2, 0.25) is 0 Å². The molecule has 1 aromatic heterocycles. The van der Waals surface area contributed by atoms with E-state index < -0.39 is 12.0 Å². The smallest absolute Gasteiger partial charge is 0.279 e. The first-order chi connectivity index (χ1) is 11.6. The molecule has 0 saturated heterocycles. The number of hydrazine groups is 1. The third-order valence-corrected chi connectivity index (χ3v) is 4.17. The molecule has 0 saturated carbocycles. The summed E-state index contributed by atoms with van der Waals surface area (Å²) in [4.78, 5) is 23.8. The Morgan fingerprint density at radius 1 is 1.04 bits per heavy atom. The molecule has 0 spiro atoms. The fraction of sp³-hybridized carbons (Fsp3) is 0.111. The summed E-state index contributed by atoms with van der Waals surface area (Å²) in [7, 11) is 0. The maximum atomic E-state index is 12.0. The zero-order valence-electron chi connectivity index (χ0n) is 13.0. The van der Waals surface area contributed by atoms with Gasteiger partial charge in [-0.1, -0.05) is 30.3 Å². The van der Waals surface area contributed by atoms with Crippen LogP contribution in [0.25, 0.3) is 10.8 Å². The molecule has 0 fully saturated rings. The molecule has 1 atom stereocenters. The molecule has 2 N–H and O–H groups in total. The SMILES string of the molecule is CC(Oc1ccc2ccccc2c1)C(=O)NNC(=O)c1ccsc1. The van der Waals surface area contributed by atoms with Gasteiger partial charge in [0.1, 0.15) is 5.75 Å². The van der Waals surface area contributed by atoms with E-state index in [0.717, 1.165) is 10.8 Å². The second kappa shape index (κ2) is 7.14. The van der Waals surface area contributed by atoms with Crippen molar-refractivity contribution in [3.63, 3.8) is 0 Å². The van der Waals surface area contributed by atoms with Gasteiger partial charge in [-0.2, -0.15) is 11.3 Å². The highest BCUT2D eigenvalue weighted by atomic mass is 32.1. The van der Waals surface area contributed by atoms with Gasteiger partial charge in [0.05, 0.1) is 5.56 Å². The number of hydrogen-bond donors (Lipinski definition) is 2. The predicted molar refractivity (Wildman–Crippen MR) is 94.0 cm³/mol. The zero-order chi connectivity index (χ0) is 16.9. The van der Waals surface area contributed by atoms with Gasteiger partial charge in [0.25, 0.3) is 11.8 Å². The number of hydrogen-bond acceptors (Lipinski definition) is 4. The van der Waals surface area contributed by atoms with E-state index in [4.69, 9.17) is 4.74 Å². The first-order valence-corrected chi connectivity index (χ1v) is 8.35. The Hall–Kier alpha value is -2.86. The number of carbonyl (C=O) groups excluding carboxylic acids is 2. The van der Waals surface area contributed by atoms with E-state index in [-0.39, 0.29) is 5.91 Å². The molecule has 0 radical (unpaired) electrons. The fourth-order valence-electron chi connectivity index (χ4n) is 2.18. The standard InChI is InChI=1S/C18H16N2O3S/c1-12(17(21)19-20-18(22)15-8-9-24-11-15)23-16-7-6-13-4-2-3-5-14(13)10-16/h2-12H,1H3,(H,19,21)(H,20,22). The highest BCUT2D eigenvalue weighted by Crippen LogP contribution is 2.21. The summed E-state index contributed by atoms with van der Waals surface area (Å²) in [6.07, 6.45) is -0.742. The van der Waals surface area contributed by atoms with Gasteiger partial charge in [0.15, 0.2) is 6.10 Å². The molecular formula is C18H16N2O3S. The number of nitrogens with one attached hydrogen (secondary N) is 2. The summed E-state index contributed by atoms with van der Waals surface area (Å²) >= 11 is 1.41. The van der Waals surface area contributed by atoms with E-state index in [2.05, 4.69) is 10.9 Å². The van der Waals surface area contributed by atoms with Crippen molar-refractivity contribution in [1.29, 1.82) is 0 Å². The van der Waals surface area contributed by atoms with E-state index >= 15 is 0 Å². The van der Waals surface area contributed by atoms with Crippen molar-refractivity contribution >= 4 is 33.9 Å². The lowest BCUT2D eigenvalue weighted by Gasteiger charge is -2.15. The lowest BCUT2D eigenvalue weighted by atomic mass is 10.1. The Kier molecular flexibility index (Phi) is 4.77. The molecule has 6 heteroatoms. The van der Waals surface area contributed by atoms with Gasteiger partial charge in [-0.25, -0.2) is 0 Å². The van der Waals surface area contributed by atoms with Crippen LogP contribution in [-0.4, -0.2) is 17.9 Å². The Labute approximate surface area is 143 Å². The molecule has 1 heterocycles. The van der Waals surface area contributed by atoms with Crippen molar-refractivity contribution in [1.82, 2.24) is 10.9 Å².